The van der Waals surface area contributed by atoms with Gasteiger partial charge >= 0.3 is 0 Å². The third-order valence-corrected chi connectivity index (χ3v) is 4.82. The van der Waals surface area contributed by atoms with Crippen LogP contribution in [0.25, 0.3) is 0 Å². The number of hydrogen-bond donors (Lipinski definition) is 1. The third-order valence-electron chi connectivity index (χ3n) is 4.82. The van der Waals surface area contributed by atoms with E-state index in [1.54, 1.807) is 18.2 Å². The van der Waals surface area contributed by atoms with Crippen molar-refractivity contribution in [2.45, 2.75) is 44.7 Å². The number of hydrogen-bond acceptors (Lipinski definition) is 3. The molecule has 0 bridgehead atoms. The molecule has 1 N–H and O–H groups in total. The summed E-state index contributed by atoms with van der Waals surface area (Å²) in [6.45, 7) is 5.21. The van der Waals surface area contributed by atoms with Crippen LogP contribution >= 0.6 is 0 Å². The monoisotopic (exact) mass is 288 g/mol. The minimum Gasteiger partial charge on any atom is -0.383 e. The molecule has 1 unspecified atom stereocenters. The van der Waals surface area contributed by atoms with E-state index in [1.165, 1.54) is 44.2 Å². The predicted molar refractivity (Wildman–Crippen MR) is 86.6 cm³/mol. The summed E-state index contributed by atoms with van der Waals surface area (Å²) in [4.78, 5) is 2.54. The minimum atomic E-state index is 0.663. The van der Waals surface area contributed by atoms with Gasteiger partial charge < -0.3 is 10.1 Å². The molecule has 1 aliphatic carbocycles. The first kappa shape index (κ1) is 15.0. The van der Waals surface area contributed by atoms with Gasteiger partial charge in [-0.3, -0.25) is 4.90 Å². The van der Waals surface area contributed by atoms with Gasteiger partial charge in [-0.15, -0.1) is 0 Å². The molecule has 116 valence electrons. The SMILES string of the molecule is COCCN(Cc1ccc2c(c1)CCC2)CC1CCCN1. The first-order chi connectivity index (χ1) is 10.3. The van der Waals surface area contributed by atoms with E-state index in [1.807, 2.05) is 0 Å². The van der Waals surface area contributed by atoms with Gasteiger partial charge in [-0.2, -0.15) is 0 Å². The van der Waals surface area contributed by atoms with Crippen LogP contribution in [0.1, 0.15) is 36.0 Å². The van der Waals surface area contributed by atoms with Crippen LogP contribution in [0.3, 0.4) is 0 Å². The maximum Gasteiger partial charge on any atom is 0.0589 e. The molecule has 1 saturated heterocycles. The average Bonchev–Trinajstić information content (AvgIpc) is 3.15. The highest BCUT2D eigenvalue weighted by Gasteiger charge is 2.18. The van der Waals surface area contributed by atoms with Gasteiger partial charge in [0.25, 0.3) is 0 Å². The zero-order valence-electron chi connectivity index (χ0n) is 13.2. The van der Waals surface area contributed by atoms with Crippen molar-refractivity contribution in [2.75, 3.05) is 33.4 Å². The van der Waals surface area contributed by atoms with Crippen LogP contribution in [0.15, 0.2) is 18.2 Å². The van der Waals surface area contributed by atoms with Crippen molar-refractivity contribution in [3.63, 3.8) is 0 Å². The topological polar surface area (TPSA) is 24.5 Å². The van der Waals surface area contributed by atoms with E-state index in [2.05, 4.69) is 28.4 Å². The summed E-state index contributed by atoms with van der Waals surface area (Å²) < 4.78 is 5.29. The Bertz CT molecular complexity index is 455. The lowest BCUT2D eigenvalue weighted by atomic mass is 10.1. The molecule has 2 aliphatic rings. The molecule has 3 rings (SSSR count). The van der Waals surface area contributed by atoms with Crippen molar-refractivity contribution >= 4 is 0 Å². The molecule has 3 nitrogen and oxygen atoms in total. The van der Waals surface area contributed by atoms with Crippen LogP contribution in [0.4, 0.5) is 0 Å². The predicted octanol–water partition coefficient (Wildman–Crippen LogP) is 2.38. The van der Waals surface area contributed by atoms with Gasteiger partial charge in [-0.1, -0.05) is 18.2 Å². The van der Waals surface area contributed by atoms with Crippen molar-refractivity contribution in [3.8, 4) is 0 Å². The number of benzene rings is 1. The van der Waals surface area contributed by atoms with Gasteiger partial charge in [-0.05, 0) is 55.3 Å². The van der Waals surface area contributed by atoms with E-state index in [4.69, 9.17) is 4.74 Å². The van der Waals surface area contributed by atoms with E-state index in [9.17, 15) is 0 Å². The van der Waals surface area contributed by atoms with Gasteiger partial charge in [0.15, 0.2) is 0 Å². The summed E-state index contributed by atoms with van der Waals surface area (Å²) in [5, 5.41) is 3.61. The molecule has 0 radical (unpaired) electrons. The van der Waals surface area contributed by atoms with Gasteiger partial charge in [0, 0.05) is 32.8 Å². The Balaban J connectivity index is 1.62. The van der Waals surface area contributed by atoms with Gasteiger partial charge in [0.1, 0.15) is 0 Å². The van der Waals surface area contributed by atoms with Crippen molar-refractivity contribution in [3.05, 3.63) is 34.9 Å². The van der Waals surface area contributed by atoms with E-state index < -0.39 is 0 Å². The molecule has 1 fully saturated rings. The lowest BCUT2D eigenvalue weighted by Crippen LogP contribution is -2.38. The Kier molecular flexibility index (Phi) is 5.28. The highest BCUT2D eigenvalue weighted by atomic mass is 16.5. The Morgan fingerprint density at radius 2 is 2.14 bits per heavy atom. The zero-order chi connectivity index (χ0) is 14.5. The van der Waals surface area contributed by atoms with Crippen LogP contribution in [0.2, 0.25) is 0 Å². The second kappa shape index (κ2) is 7.39. The van der Waals surface area contributed by atoms with Gasteiger partial charge in [0.05, 0.1) is 6.61 Å². The largest absolute Gasteiger partial charge is 0.383 e. The normalized spacial score (nSPS) is 21.1. The minimum absolute atomic E-state index is 0.663. The molecule has 0 amide bonds. The average molecular weight is 288 g/mol. The van der Waals surface area contributed by atoms with E-state index >= 15 is 0 Å². The summed E-state index contributed by atoms with van der Waals surface area (Å²) in [5.41, 5.74) is 4.61. The van der Waals surface area contributed by atoms with Crippen molar-refractivity contribution in [2.24, 2.45) is 0 Å². The van der Waals surface area contributed by atoms with Gasteiger partial charge in [0.2, 0.25) is 0 Å². The summed E-state index contributed by atoms with van der Waals surface area (Å²) in [6, 6.07) is 7.77. The number of aryl methyl sites for hydroxylation is 2. The molecular weight excluding hydrogens is 260 g/mol. The fourth-order valence-corrected chi connectivity index (χ4v) is 3.66. The van der Waals surface area contributed by atoms with Crippen LogP contribution in [-0.4, -0.2) is 44.3 Å². The summed E-state index contributed by atoms with van der Waals surface area (Å²) >= 11 is 0. The molecule has 1 aromatic rings. The molecule has 1 atom stereocenters. The van der Waals surface area contributed by atoms with Crippen LogP contribution in [0, 0.1) is 0 Å². The molecule has 3 heteroatoms. The zero-order valence-corrected chi connectivity index (χ0v) is 13.2. The molecular formula is C18H28N2O. The van der Waals surface area contributed by atoms with Crippen molar-refractivity contribution < 1.29 is 4.74 Å². The molecule has 0 aromatic heterocycles. The molecule has 0 spiro atoms. The highest BCUT2D eigenvalue weighted by Crippen LogP contribution is 2.23. The number of fused-ring (bicyclic) bond motifs is 1. The quantitative estimate of drug-likeness (QED) is 0.834. The number of rotatable bonds is 7. The van der Waals surface area contributed by atoms with E-state index in [0.29, 0.717) is 6.04 Å². The van der Waals surface area contributed by atoms with E-state index in [-0.39, 0.29) is 0 Å². The first-order valence-electron chi connectivity index (χ1n) is 8.40. The van der Waals surface area contributed by atoms with E-state index in [0.717, 1.165) is 26.2 Å². The Hall–Kier alpha value is -0.900. The van der Waals surface area contributed by atoms with Crippen LogP contribution < -0.4 is 5.32 Å². The number of ether oxygens (including phenoxy) is 1. The van der Waals surface area contributed by atoms with Crippen molar-refractivity contribution in [1.82, 2.24) is 10.2 Å². The molecule has 1 aromatic carbocycles. The van der Waals surface area contributed by atoms with Crippen LogP contribution in [-0.2, 0) is 24.1 Å². The summed E-state index contributed by atoms with van der Waals surface area (Å²) in [6.07, 6.45) is 6.51. The Morgan fingerprint density at radius 3 is 2.95 bits per heavy atom. The fraction of sp³-hybridized carbons (Fsp3) is 0.667. The summed E-state index contributed by atoms with van der Waals surface area (Å²) in [5.74, 6) is 0. The maximum atomic E-state index is 5.29. The lowest BCUT2D eigenvalue weighted by molar-refractivity contribution is 0.138. The number of nitrogens with one attached hydrogen (secondary N) is 1. The number of nitrogens with zero attached hydrogens (tertiary/aromatic N) is 1. The molecule has 1 aliphatic heterocycles. The Labute approximate surface area is 128 Å². The fourth-order valence-electron chi connectivity index (χ4n) is 3.66. The standard InChI is InChI=1S/C18H28N2O/c1-21-11-10-20(14-18-6-3-9-19-18)13-15-7-8-16-4-2-5-17(16)12-15/h7-8,12,18-19H,2-6,9-11,13-14H2,1H3. The second-order valence-electron chi connectivity index (χ2n) is 6.48. The maximum absolute atomic E-state index is 5.29. The number of methoxy groups -OCH3 is 1. The molecule has 21 heavy (non-hydrogen) atoms. The van der Waals surface area contributed by atoms with Crippen molar-refractivity contribution in [1.29, 1.82) is 0 Å². The molecule has 0 saturated carbocycles. The smallest absolute Gasteiger partial charge is 0.0589 e. The van der Waals surface area contributed by atoms with Crippen LogP contribution in [0.5, 0.6) is 0 Å². The molecule has 1 heterocycles. The first-order valence-corrected chi connectivity index (χ1v) is 8.40. The third kappa shape index (κ3) is 4.06. The van der Waals surface area contributed by atoms with Gasteiger partial charge in [-0.25, -0.2) is 0 Å². The Morgan fingerprint density at radius 1 is 1.24 bits per heavy atom. The lowest BCUT2D eigenvalue weighted by Gasteiger charge is -2.25. The second-order valence-corrected chi connectivity index (χ2v) is 6.48. The highest BCUT2D eigenvalue weighted by molar-refractivity contribution is 5.35. The summed E-state index contributed by atoms with van der Waals surface area (Å²) in [7, 11) is 1.79.